The first kappa shape index (κ1) is 27.9. The van der Waals surface area contributed by atoms with Crippen LogP contribution in [-0.4, -0.2) is 46.9 Å². The van der Waals surface area contributed by atoms with Crippen molar-refractivity contribution in [3.63, 3.8) is 0 Å². The maximum atomic E-state index is 13.3. The summed E-state index contributed by atoms with van der Waals surface area (Å²) >= 11 is 0. The molecule has 0 atom stereocenters. The molecule has 0 fully saturated rings. The Balaban J connectivity index is 1.62. The minimum atomic E-state index is -0.941. The average molecular weight is 541 g/mol. The molecule has 1 aliphatic carbocycles. The van der Waals surface area contributed by atoms with Crippen LogP contribution in [0.1, 0.15) is 44.7 Å². The Morgan fingerprint density at radius 2 is 1.30 bits per heavy atom. The predicted octanol–water partition coefficient (Wildman–Crippen LogP) is 5.70. The number of aliphatic hydroxyl groups is 1. The number of fused-ring (bicyclic) bond motifs is 1. The van der Waals surface area contributed by atoms with Crippen LogP contribution < -0.4 is 9.47 Å². The number of Topliss-reactive ketones (excluding diaryl/α,β-unsaturated/α-hetero) is 2. The number of hydrogen-bond acceptors (Lipinski definition) is 8. The number of aromatic hydroxyl groups is 2. The summed E-state index contributed by atoms with van der Waals surface area (Å²) in [6, 6.07) is 15.8. The van der Waals surface area contributed by atoms with Crippen molar-refractivity contribution in [1.29, 1.82) is 0 Å². The van der Waals surface area contributed by atoms with Crippen LogP contribution in [0.3, 0.4) is 0 Å². The van der Waals surface area contributed by atoms with Crippen LogP contribution in [0.25, 0.3) is 12.2 Å². The molecule has 3 N–H and O–H groups in total. The van der Waals surface area contributed by atoms with Crippen LogP contribution in [0.15, 0.2) is 84.1 Å². The van der Waals surface area contributed by atoms with Gasteiger partial charge in [-0.1, -0.05) is 48.6 Å². The lowest BCUT2D eigenvalue weighted by Gasteiger charge is -2.10. The normalized spacial score (nSPS) is 14.1. The Bertz CT molecular complexity index is 1530. The number of rotatable bonds is 10. The quantitative estimate of drug-likeness (QED) is 0.129. The second kappa shape index (κ2) is 12.2. The SMILES string of the molecule is COc1cc(/C=C/C(=O)/C(CCC2C(=O)c3ccccc3C2=O)=C(O)/C=C/c2ccc(O)c(OC)c2)ccc1O. The molecular weight excluding hydrogens is 512 g/mol. The van der Waals surface area contributed by atoms with Crippen LogP contribution in [0.2, 0.25) is 0 Å². The summed E-state index contributed by atoms with van der Waals surface area (Å²) in [7, 11) is 2.82. The first-order valence-corrected chi connectivity index (χ1v) is 12.5. The van der Waals surface area contributed by atoms with Gasteiger partial charge >= 0.3 is 0 Å². The van der Waals surface area contributed by atoms with Gasteiger partial charge in [-0.3, -0.25) is 14.4 Å². The highest BCUT2D eigenvalue weighted by Gasteiger charge is 2.38. The predicted molar refractivity (Wildman–Crippen MR) is 150 cm³/mol. The largest absolute Gasteiger partial charge is 0.508 e. The molecule has 3 aromatic carbocycles. The number of carbonyl (C=O) groups is 3. The molecule has 0 bridgehead atoms. The topological polar surface area (TPSA) is 130 Å². The zero-order valence-electron chi connectivity index (χ0n) is 22.0. The molecule has 3 aromatic rings. The van der Waals surface area contributed by atoms with Gasteiger partial charge in [0.2, 0.25) is 0 Å². The minimum Gasteiger partial charge on any atom is -0.508 e. The van der Waals surface area contributed by atoms with E-state index in [9.17, 15) is 29.7 Å². The monoisotopic (exact) mass is 540 g/mol. The molecule has 0 radical (unpaired) electrons. The van der Waals surface area contributed by atoms with E-state index in [-0.39, 0.29) is 58.7 Å². The van der Waals surface area contributed by atoms with E-state index in [1.54, 1.807) is 54.6 Å². The van der Waals surface area contributed by atoms with Crippen LogP contribution in [-0.2, 0) is 4.79 Å². The van der Waals surface area contributed by atoms with Gasteiger partial charge in [-0.2, -0.15) is 0 Å². The summed E-state index contributed by atoms with van der Waals surface area (Å²) in [6.07, 6.45) is 5.66. The number of hydrogen-bond donors (Lipinski definition) is 3. The summed E-state index contributed by atoms with van der Waals surface area (Å²) in [5, 5.41) is 30.6. The number of phenolic OH excluding ortho intramolecular Hbond substituents is 2. The number of ether oxygens (including phenoxy) is 2. The number of methoxy groups -OCH3 is 2. The third-order valence-corrected chi connectivity index (χ3v) is 6.65. The molecule has 4 rings (SSSR count). The van der Waals surface area contributed by atoms with E-state index in [0.29, 0.717) is 22.3 Å². The molecule has 0 saturated carbocycles. The fraction of sp³-hybridized carbons (Fsp3) is 0.156. The zero-order chi connectivity index (χ0) is 28.8. The van der Waals surface area contributed by atoms with E-state index >= 15 is 0 Å². The summed E-state index contributed by atoms with van der Waals surface area (Å²) in [6.45, 7) is 0. The molecule has 40 heavy (non-hydrogen) atoms. The van der Waals surface area contributed by atoms with Crippen molar-refractivity contribution in [2.45, 2.75) is 12.8 Å². The lowest BCUT2D eigenvalue weighted by Crippen LogP contribution is -2.16. The van der Waals surface area contributed by atoms with Crippen molar-refractivity contribution in [3.8, 4) is 23.0 Å². The van der Waals surface area contributed by atoms with Gasteiger partial charge in [0.1, 0.15) is 5.76 Å². The molecular formula is C32H28O8. The maximum absolute atomic E-state index is 13.3. The fourth-order valence-corrected chi connectivity index (χ4v) is 4.48. The number of allylic oxidation sites excluding steroid dienone is 3. The highest BCUT2D eigenvalue weighted by atomic mass is 16.5. The third-order valence-electron chi connectivity index (χ3n) is 6.65. The number of ketones is 3. The maximum Gasteiger partial charge on any atom is 0.185 e. The number of aliphatic hydroxyl groups excluding tert-OH is 1. The van der Waals surface area contributed by atoms with Gasteiger partial charge in [-0.25, -0.2) is 0 Å². The Labute approximate surface area is 231 Å². The highest BCUT2D eigenvalue weighted by molar-refractivity contribution is 6.26. The Kier molecular flexibility index (Phi) is 8.49. The van der Waals surface area contributed by atoms with Crippen molar-refractivity contribution in [2.75, 3.05) is 14.2 Å². The fourth-order valence-electron chi connectivity index (χ4n) is 4.48. The van der Waals surface area contributed by atoms with Crippen LogP contribution in [0.5, 0.6) is 23.0 Å². The lowest BCUT2D eigenvalue weighted by atomic mass is 9.92. The lowest BCUT2D eigenvalue weighted by molar-refractivity contribution is -0.111. The first-order valence-electron chi connectivity index (χ1n) is 12.5. The molecule has 0 saturated heterocycles. The molecule has 0 amide bonds. The Morgan fingerprint density at radius 1 is 0.800 bits per heavy atom. The van der Waals surface area contributed by atoms with Gasteiger partial charge in [0.15, 0.2) is 40.3 Å². The molecule has 0 unspecified atom stereocenters. The van der Waals surface area contributed by atoms with Crippen molar-refractivity contribution < 1.29 is 39.2 Å². The van der Waals surface area contributed by atoms with E-state index in [2.05, 4.69) is 0 Å². The van der Waals surface area contributed by atoms with E-state index in [1.807, 2.05) is 0 Å². The Hall–Kier alpha value is -5.11. The van der Waals surface area contributed by atoms with E-state index < -0.39 is 11.7 Å². The van der Waals surface area contributed by atoms with E-state index in [0.717, 1.165) is 0 Å². The number of benzene rings is 3. The number of phenols is 2. The van der Waals surface area contributed by atoms with Crippen molar-refractivity contribution in [1.82, 2.24) is 0 Å². The van der Waals surface area contributed by atoms with Gasteiger partial charge < -0.3 is 24.8 Å². The first-order chi connectivity index (χ1) is 19.2. The van der Waals surface area contributed by atoms with Gasteiger partial charge in [-0.05, 0) is 60.4 Å². The smallest absolute Gasteiger partial charge is 0.185 e. The summed E-state index contributed by atoms with van der Waals surface area (Å²) in [5.41, 5.74) is 1.91. The summed E-state index contributed by atoms with van der Waals surface area (Å²) < 4.78 is 10.2. The third kappa shape index (κ3) is 5.96. The van der Waals surface area contributed by atoms with Gasteiger partial charge in [-0.15, -0.1) is 0 Å². The average Bonchev–Trinajstić information content (AvgIpc) is 3.21. The molecule has 0 heterocycles. The van der Waals surface area contributed by atoms with Crippen molar-refractivity contribution in [2.24, 2.45) is 5.92 Å². The second-order valence-electron chi connectivity index (χ2n) is 9.12. The molecule has 0 aromatic heterocycles. The Morgan fingerprint density at radius 3 is 1.80 bits per heavy atom. The molecule has 1 aliphatic rings. The minimum absolute atomic E-state index is 0.0144. The molecule has 8 nitrogen and oxygen atoms in total. The van der Waals surface area contributed by atoms with E-state index in [4.69, 9.17) is 9.47 Å². The second-order valence-corrected chi connectivity index (χ2v) is 9.12. The molecule has 8 heteroatoms. The molecule has 0 spiro atoms. The summed E-state index contributed by atoms with van der Waals surface area (Å²) in [4.78, 5) is 39.0. The van der Waals surface area contributed by atoms with E-state index in [1.165, 1.54) is 44.6 Å². The van der Waals surface area contributed by atoms with Crippen LogP contribution in [0, 0.1) is 5.92 Å². The standard InChI is InChI=1S/C32H28O8/c1-39-29-17-19(9-15-27(29)35)7-13-25(33)23(26(34)14-8-20-10-16-28(36)30(18-20)40-2)11-12-24-31(37)21-5-3-4-6-22(21)32(24)38/h3-10,13-18,24,33,35-36H,11-12H2,1-2H3/b13-7+,14-8+,25-23-. The number of carbonyl (C=O) groups excluding carboxylic acids is 3. The zero-order valence-corrected chi connectivity index (χ0v) is 22.0. The van der Waals surface area contributed by atoms with Crippen molar-refractivity contribution in [3.05, 3.63) is 106 Å². The molecule has 0 aliphatic heterocycles. The van der Waals surface area contributed by atoms with Gasteiger partial charge in [0.05, 0.1) is 20.1 Å². The van der Waals surface area contributed by atoms with Crippen molar-refractivity contribution >= 4 is 29.5 Å². The van der Waals surface area contributed by atoms with Crippen LogP contribution >= 0.6 is 0 Å². The molecule has 204 valence electrons. The van der Waals surface area contributed by atoms with Crippen LogP contribution in [0.4, 0.5) is 0 Å². The van der Waals surface area contributed by atoms with Gasteiger partial charge in [0, 0.05) is 16.7 Å². The van der Waals surface area contributed by atoms with Gasteiger partial charge in [0.25, 0.3) is 0 Å². The summed E-state index contributed by atoms with van der Waals surface area (Å²) in [5.74, 6) is -2.01. The highest BCUT2D eigenvalue weighted by Crippen LogP contribution is 2.32.